The molecule has 10 heteroatoms. The summed E-state index contributed by atoms with van der Waals surface area (Å²) in [6.07, 6.45) is 0.0230. The fraction of sp³-hybridized carbons (Fsp3) is 0.263. The third-order valence-corrected chi connectivity index (χ3v) is 7.73. The van der Waals surface area contributed by atoms with Crippen molar-refractivity contribution in [2.75, 3.05) is 25.1 Å². The topological polar surface area (TPSA) is 127 Å². The summed E-state index contributed by atoms with van der Waals surface area (Å²) in [5, 5.41) is 20.2. The van der Waals surface area contributed by atoms with Gasteiger partial charge in [-0.05, 0) is 48.2 Å². The minimum Gasteiger partial charge on any atom is -0.504 e. The minimum atomic E-state index is -4.22. The van der Waals surface area contributed by atoms with E-state index in [2.05, 4.69) is 5.92 Å². The van der Waals surface area contributed by atoms with E-state index in [1.807, 2.05) is 5.25 Å². The summed E-state index contributed by atoms with van der Waals surface area (Å²) in [6, 6.07) is 8.49. The molecule has 0 saturated heterocycles. The second-order valence-electron chi connectivity index (χ2n) is 6.05. The van der Waals surface area contributed by atoms with Crippen molar-refractivity contribution in [3.63, 3.8) is 0 Å². The van der Waals surface area contributed by atoms with Crippen molar-refractivity contribution < 1.29 is 36.5 Å². The third kappa shape index (κ3) is 6.58. The van der Waals surface area contributed by atoms with Crippen LogP contribution in [0.5, 0.6) is 23.0 Å². The molecule has 2 rings (SSSR count). The van der Waals surface area contributed by atoms with Crippen LogP contribution in [0.25, 0.3) is 0 Å². The molecular weight excluding hydrogens is 420 g/mol. The van der Waals surface area contributed by atoms with E-state index in [-0.39, 0.29) is 35.0 Å². The van der Waals surface area contributed by atoms with Gasteiger partial charge in [0, 0.05) is 10.8 Å². The quantitative estimate of drug-likeness (QED) is 0.620. The molecule has 0 atom stereocenters. The molecule has 2 aromatic rings. The number of ether oxygens (including phenoxy) is 2. The number of methoxy groups -OCH3 is 2. The number of rotatable bonds is 7. The van der Waals surface area contributed by atoms with Gasteiger partial charge in [-0.1, -0.05) is 6.07 Å². The molecule has 0 amide bonds. The summed E-state index contributed by atoms with van der Waals surface area (Å²) in [6.45, 7) is 0. The van der Waals surface area contributed by atoms with Crippen molar-refractivity contribution in [3.05, 3.63) is 47.5 Å². The average molecular weight is 440 g/mol. The molecule has 2 N–H and O–H groups in total. The van der Waals surface area contributed by atoms with Crippen molar-refractivity contribution in [3.8, 4) is 34.2 Å². The molecule has 0 bridgehead atoms. The molecule has 0 radical (unpaired) electrons. The fourth-order valence-corrected chi connectivity index (χ4v) is 5.81. The summed E-state index contributed by atoms with van der Waals surface area (Å²) >= 11 is 0. The zero-order valence-corrected chi connectivity index (χ0v) is 17.4. The lowest BCUT2D eigenvalue weighted by molar-refractivity contribution is 0.373. The second-order valence-corrected chi connectivity index (χ2v) is 10.3. The van der Waals surface area contributed by atoms with Crippen LogP contribution in [0.4, 0.5) is 0 Å². The molecule has 0 spiro atoms. The Morgan fingerprint density at radius 2 is 1.48 bits per heavy atom. The van der Waals surface area contributed by atoms with Crippen LogP contribution in [0.2, 0.25) is 0 Å². The fourth-order valence-electron chi connectivity index (χ4n) is 2.39. The highest BCUT2D eigenvalue weighted by Crippen LogP contribution is 2.27. The van der Waals surface area contributed by atoms with E-state index in [0.717, 1.165) is 0 Å². The van der Waals surface area contributed by atoms with Crippen molar-refractivity contribution in [2.24, 2.45) is 0 Å². The molecule has 29 heavy (non-hydrogen) atoms. The lowest BCUT2D eigenvalue weighted by atomic mass is 10.1. The number of hydrogen-bond acceptors (Lipinski definition) is 8. The van der Waals surface area contributed by atoms with Crippen LogP contribution in [-0.4, -0.2) is 52.1 Å². The number of aryl methyl sites for hydroxylation is 1. The lowest BCUT2D eigenvalue weighted by Gasteiger charge is -2.06. The highest BCUT2D eigenvalue weighted by atomic mass is 32.3. The Balaban J connectivity index is 2.07. The Bertz CT molecular complexity index is 1160. The average Bonchev–Trinajstić information content (AvgIpc) is 2.64. The zero-order valence-electron chi connectivity index (χ0n) is 15.7. The number of aromatic hydroxyl groups is 2. The van der Waals surface area contributed by atoms with E-state index < -0.39 is 30.5 Å². The van der Waals surface area contributed by atoms with E-state index in [1.54, 1.807) is 6.07 Å². The molecule has 0 unspecified atom stereocenters. The van der Waals surface area contributed by atoms with E-state index in [9.17, 15) is 27.0 Å². The highest BCUT2D eigenvalue weighted by Gasteiger charge is 2.21. The maximum absolute atomic E-state index is 12.2. The number of benzene rings is 2. The number of hydrogen-bond donors (Lipinski definition) is 2. The Morgan fingerprint density at radius 1 is 0.897 bits per heavy atom. The summed E-state index contributed by atoms with van der Waals surface area (Å²) in [4.78, 5) is 0. The summed E-state index contributed by atoms with van der Waals surface area (Å²) in [5.41, 5.74) is 0.710. The van der Waals surface area contributed by atoms with Crippen molar-refractivity contribution in [2.45, 2.75) is 6.42 Å². The molecule has 0 saturated carbocycles. The van der Waals surface area contributed by atoms with Gasteiger partial charge in [-0.2, -0.15) is 0 Å². The molecule has 8 nitrogen and oxygen atoms in total. The van der Waals surface area contributed by atoms with Gasteiger partial charge in [0.2, 0.25) is 9.84 Å². The first kappa shape index (κ1) is 22.4. The van der Waals surface area contributed by atoms with Gasteiger partial charge in [0.15, 0.2) is 37.9 Å². The second kappa shape index (κ2) is 9.07. The van der Waals surface area contributed by atoms with E-state index in [0.29, 0.717) is 5.56 Å². The molecule has 0 aliphatic heterocycles. The predicted octanol–water partition coefficient (Wildman–Crippen LogP) is 1.45. The monoisotopic (exact) mass is 440 g/mol. The van der Waals surface area contributed by atoms with Crippen LogP contribution in [-0.2, 0) is 26.1 Å². The zero-order chi connectivity index (χ0) is 21.7. The van der Waals surface area contributed by atoms with Gasteiger partial charge in [-0.3, -0.25) is 0 Å². The van der Waals surface area contributed by atoms with Gasteiger partial charge >= 0.3 is 0 Å². The highest BCUT2D eigenvalue weighted by molar-refractivity contribution is 8.10. The van der Waals surface area contributed by atoms with Crippen molar-refractivity contribution in [1.29, 1.82) is 0 Å². The summed E-state index contributed by atoms with van der Waals surface area (Å²) < 4.78 is 58.3. The van der Waals surface area contributed by atoms with Crippen LogP contribution in [0.15, 0.2) is 36.4 Å². The summed E-state index contributed by atoms with van der Waals surface area (Å²) in [5.74, 6) is 2.00. The Morgan fingerprint density at radius 3 is 2.03 bits per heavy atom. The first-order valence-electron chi connectivity index (χ1n) is 8.24. The van der Waals surface area contributed by atoms with Crippen molar-refractivity contribution in [1.82, 2.24) is 0 Å². The summed E-state index contributed by atoms with van der Waals surface area (Å²) in [7, 11) is -5.43. The van der Waals surface area contributed by atoms with Crippen LogP contribution >= 0.6 is 0 Å². The molecular formula is C19H20O8S2. The smallest absolute Gasteiger partial charge is 0.231 e. The van der Waals surface area contributed by atoms with Gasteiger partial charge in [0.05, 0.1) is 20.0 Å². The van der Waals surface area contributed by atoms with Gasteiger partial charge in [0.25, 0.3) is 0 Å². The molecule has 0 fully saturated rings. The lowest BCUT2D eigenvalue weighted by Crippen LogP contribution is -2.19. The van der Waals surface area contributed by atoms with Gasteiger partial charge < -0.3 is 19.7 Å². The Labute approximate surface area is 169 Å². The maximum Gasteiger partial charge on any atom is 0.231 e. The SMILES string of the molecule is COc1ccc(C#CS(=O)(=O)CS(=O)(=O)CCc2ccc(OC)c(O)c2)cc1O. The van der Waals surface area contributed by atoms with E-state index in [1.165, 1.54) is 44.6 Å². The van der Waals surface area contributed by atoms with Crippen molar-refractivity contribution >= 4 is 19.7 Å². The first-order chi connectivity index (χ1) is 13.5. The van der Waals surface area contributed by atoms with Gasteiger partial charge in [0.1, 0.15) is 0 Å². The Kier molecular flexibility index (Phi) is 7.00. The molecule has 0 aliphatic carbocycles. The number of phenolic OH excluding ortho intramolecular Hbond substituents is 2. The maximum atomic E-state index is 12.2. The number of sulfone groups is 2. The minimum absolute atomic E-state index is 0.0230. The third-order valence-electron chi connectivity index (χ3n) is 3.81. The molecule has 2 aromatic carbocycles. The van der Waals surface area contributed by atoms with Crippen LogP contribution in [0.3, 0.4) is 0 Å². The van der Waals surface area contributed by atoms with E-state index >= 15 is 0 Å². The molecule has 156 valence electrons. The normalized spacial score (nSPS) is 11.4. The largest absolute Gasteiger partial charge is 0.504 e. The predicted molar refractivity (Wildman–Crippen MR) is 107 cm³/mol. The molecule has 0 aromatic heterocycles. The van der Waals surface area contributed by atoms with Crippen LogP contribution in [0, 0.1) is 11.2 Å². The van der Waals surface area contributed by atoms with Crippen LogP contribution in [0.1, 0.15) is 11.1 Å². The Hall–Kier alpha value is -2.90. The molecule has 0 aliphatic rings. The van der Waals surface area contributed by atoms with Gasteiger partial charge in [-0.15, -0.1) is 0 Å². The van der Waals surface area contributed by atoms with E-state index in [4.69, 9.17) is 9.47 Å². The first-order valence-corrected chi connectivity index (χ1v) is 11.7. The number of phenols is 2. The van der Waals surface area contributed by atoms with Crippen LogP contribution < -0.4 is 9.47 Å². The standard InChI is InChI=1S/C19H20O8S2/c1-26-18-5-3-14(11-16(18)20)7-9-28(22,23)13-29(24,25)10-8-15-4-6-19(27-2)17(21)12-15/h3-6,11-12,20-21H,7,9,13H2,1-2H3. The van der Waals surface area contributed by atoms with Gasteiger partial charge in [-0.25, -0.2) is 16.8 Å². The molecule has 0 heterocycles.